The second kappa shape index (κ2) is 10.9. The van der Waals surface area contributed by atoms with Gasteiger partial charge in [0.15, 0.2) is 0 Å². The van der Waals surface area contributed by atoms with Gasteiger partial charge in [-0.3, -0.25) is 9.78 Å². The van der Waals surface area contributed by atoms with E-state index >= 15 is 0 Å². The molecule has 0 bridgehead atoms. The lowest BCUT2D eigenvalue weighted by Crippen LogP contribution is -2.17. The van der Waals surface area contributed by atoms with E-state index in [2.05, 4.69) is 15.4 Å². The maximum atomic E-state index is 13.2. The summed E-state index contributed by atoms with van der Waals surface area (Å²) in [5, 5.41) is 16.9. The first-order valence-corrected chi connectivity index (χ1v) is 12.4. The predicted octanol–water partition coefficient (Wildman–Crippen LogP) is 8.25. The van der Waals surface area contributed by atoms with Crippen LogP contribution < -0.4 is 5.32 Å². The summed E-state index contributed by atoms with van der Waals surface area (Å²) >= 11 is 6.11. The second-order valence-corrected chi connectivity index (χ2v) is 9.44. The molecule has 0 fully saturated rings. The molecule has 0 radical (unpaired) electrons. The quantitative estimate of drug-likeness (QED) is 0.199. The van der Waals surface area contributed by atoms with Crippen LogP contribution in [0.1, 0.15) is 21.5 Å². The van der Waals surface area contributed by atoms with Crippen molar-refractivity contribution in [2.75, 3.05) is 5.32 Å². The minimum absolute atomic E-state index is 0.0454. The van der Waals surface area contributed by atoms with Gasteiger partial charge >= 0.3 is 12.4 Å². The van der Waals surface area contributed by atoms with Gasteiger partial charge in [-0.15, -0.1) is 0 Å². The molecule has 13 heteroatoms. The molecule has 0 saturated heterocycles. The Balaban J connectivity index is 1.45. The van der Waals surface area contributed by atoms with E-state index < -0.39 is 35.0 Å². The third-order valence-electron chi connectivity index (χ3n) is 6.17. The predicted molar refractivity (Wildman–Crippen MR) is 143 cm³/mol. The minimum atomic E-state index is -5.08. The maximum Gasteiger partial charge on any atom is 0.416 e. The normalized spacial score (nSPS) is 11.9. The van der Waals surface area contributed by atoms with Gasteiger partial charge in [0.25, 0.3) is 5.91 Å². The van der Waals surface area contributed by atoms with Crippen LogP contribution in [0, 0.1) is 0 Å². The monoisotopic (exact) mass is 602 g/mol. The average Bonchev–Trinajstić information content (AvgIpc) is 3.40. The molecule has 214 valence electrons. The molecular formula is C29H17ClF6N4O2. The summed E-state index contributed by atoms with van der Waals surface area (Å²) in [7, 11) is 0. The van der Waals surface area contributed by atoms with E-state index in [-0.39, 0.29) is 22.5 Å². The van der Waals surface area contributed by atoms with Gasteiger partial charge in [-0.1, -0.05) is 11.6 Å². The molecule has 2 aromatic heterocycles. The van der Waals surface area contributed by atoms with E-state index in [9.17, 15) is 36.2 Å². The molecule has 5 aromatic rings. The highest BCUT2D eigenvalue weighted by Crippen LogP contribution is 2.37. The third kappa shape index (κ3) is 6.08. The number of phenolic OH excluding ortho intramolecular Hbond substituents is 1. The molecule has 0 spiro atoms. The summed E-state index contributed by atoms with van der Waals surface area (Å²) < 4.78 is 80.7. The number of alkyl halides is 6. The molecule has 1 amide bonds. The fraction of sp³-hybridized carbons (Fsp3) is 0.0690. The SMILES string of the molecule is O=C(Nc1ccc(-n2cc(-c3ccncc3)c(-c3ccc(O)c(Cl)c3)n2)cc1)c1cc(C(F)(F)F)cc(C(F)(F)F)c1. The van der Waals surface area contributed by atoms with E-state index in [0.717, 1.165) is 5.56 Å². The van der Waals surface area contributed by atoms with Crippen molar-refractivity contribution in [1.82, 2.24) is 14.8 Å². The molecule has 42 heavy (non-hydrogen) atoms. The second-order valence-electron chi connectivity index (χ2n) is 9.03. The highest BCUT2D eigenvalue weighted by Gasteiger charge is 2.37. The first-order chi connectivity index (χ1) is 19.8. The molecule has 5 rings (SSSR count). The Hall–Kier alpha value is -4.84. The number of hydrogen-bond acceptors (Lipinski definition) is 4. The van der Waals surface area contributed by atoms with E-state index in [4.69, 9.17) is 11.6 Å². The number of aromatic hydroxyl groups is 1. The minimum Gasteiger partial charge on any atom is -0.506 e. The highest BCUT2D eigenvalue weighted by atomic mass is 35.5. The van der Waals surface area contributed by atoms with Gasteiger partial charge in [-0.2, -0.15) is 31.4 Å². The largest absolute Gasteiger partial charge is 0.506 e. The number of carbonyl (C=O) groups excluding carboxylic acids is 1. The number of aromatic nitrogens is 3. The number of halogens is 7. The Labute approximate surface area is 238 Å². The standard InChI is InChI=1S/C29H17ClF6N4O2/c30-24-13-17(1-6-25(24)41)26-23(16-7-9-37-10-8-16)15-40(39-26)22-4-2-21(3-5-22)38-27(42)18-11-19(28(31,32)33)14-20(12-18)29(34,35)36/h1-15,41H,(H,38,42). The van der Waals surface area contributed by atoms with Crippen LogP contribution in [-0.4, -0.2) is 25.8 Å². The van der Waals surface area contributed by atoms with Gasteiger partial charge in [-0.25, -0.2) is 4.68 Å². The summed E-state index contributed by atoms with van der Waals surface area (Å²) in [5.41, 5.74) is -0.677. The summed E-state index contributed by atoms with van der Waals surface area (Å²) in [6.45, 7) is 0. The average molecular weight is 603 g/mol. The first kappa shape index (κ1) is 28.7. The first-order valence-electron chi connectivity index (χ1n) is 12.0. The van der Waals surface area contributed by atoms with Crippen molar-refractivity contribution in [3.63, 3.8) is 0 Å². The molecule has 0 saturated carbocycles. The third-order valence-corrected chi connectivity index (χ3v) is 6.47. The molecular weight excluding hydrogens is 586 g/mol. The number of nitrogens with one attached hydrogen (secondary N) is 1. The number of hydrogen-bond donors (Lipinski definition) is 2. The van der Waals surface area contributed by atoms with Crippen LogP contribution in [0.25, 0.3) is 28.1 Å². The number of pyridine rings is 1. The van der Waals surface area contributed by atoms with E-state index in [0.29, 0.717) is 34.6 Å². The molecule has 0 aliphatic rings. The van der Waals surface area contributed by atoms with Crippen LogP contribution >= 0.6 is 11.6 Å². The van der Waals surface area contributed by atoms with Crippen LogP contribution in [-0.2, 0) is 12.4 Å². The molecule has 2 heterocycles. The molecule has 0 unspecified atom stereocenters. The number of amides is 1. The van der Waals surface area contributed by atoms with Gasteiger partial charge < -0.3 is 10.4 Å². The number of rotatable bonds is 5. The Bertz CT molecular complexity index is 1740. The fourth-order valence-electron chi connectivity index (χ4n) is 4.10. The lowest BCUT2D eigenvalue weighted by molar-refractivity contribution is -0.143. The molecule has 3 aromatic carbocycles. The van der Waals surface area contributed by atoms with Crippen molar-refractivity contribution in [3.05, 3.63) is 113 Å². The number of benzene rings is 3. The van der Waals surface area contributed by atoms with Gasteiger partial charge in [0, 0.05) is 41.0 Å². The number of phenols is 1. The van der Waals surface area contributed by atoms with Gasteiger partial charge in [-0.05, 0) is 78.4 Å². The van der Waals surface area contributed by atoms with Crippen molar-refractivity contribution >= 4 is 23.2 Å². The summed E-state index contributed by atoms with van der Waals surface area (Å²) in [4.78, 5) is 16.7. The van der Waals surface area contributed by atoms with Crippen LogP contribution in [0.5, 0.6) is 5.75 Å². The van der Waals surface area contributed by atoms with Crippen LogP contribution in [0.15, 0.2) is 91.4 Å². The Morgan fingerprint density at radius 1 is 0.810 bits per heavy atom. The molecule has 0 aliphatic heterocycles. The van der Waals surface area contributed by atoms with Crippen molar-refractivity contribution in [1.29, 1.82) is 0 Å². The zero-order valence-corrected chi connectivity index (χ0v) is 21.8. The Morgan fingerprint density at radius 2 is 1.43 bits per heavy atom. The smallest absolute Gasteiger partial charge is 0.416 e. The lowest BCUT2D eigenvalue weighted by atomic mass is 10.0. The van der Waals surface area contributed by atoms with Crippen LogP contribution in [0.2, 0.25) is 5.02 Å². The van der Waals surface area contributed by atoms with E-state index in [1.165, 1.54) is 18.2 Å². The fourth-order valence-corrected chi connectivity index (χ4v) is 4.28. The molecule has 0 atom stereocenters. The number of carbonyl (C=O) groups is 1. The van der Waals surface area contributed by atoms with Crippen molar-refractivity contribution in [3.8, 4) is 33.8 Å². The maximum absolute atomic E-state index is 13.2. The number of anilines is 1. The summed E-state index contributed by atoms with van der Waals surface area (Å²) in [6.07, 6.45) is -5.21. The topological polar surface area (TPSA) is 80.0 Å². The zero-order chi connectivity index (χ0) is 30.2. The summed E-state index contributed by atoms with van der Waals surface area (Å²) in [6, 6.07) is 14.9. The van der Waals surface area contributed by atoms with E-state index in [1.54, 1.807) is 59.7 Å². The zero-order valence-electron chi connectivity index (χ0n) is 21.0. The molecule has 2 N–H and O–H groups in total. The van der Waals surface area contributed by atoms with E-state index in [1.807, 2.05) is 0 Å². The van der Waals surface area contributed by atoms with Crippen molar-refractivity contribution < 1.29 is 36.2 Å². The molecule has 6 nitrogen and oxygen atoms in total. The highest BCUT2D eigenvalue weighted by molar-refractivity contribution is 6.32. The van der Waals surface area contributed by atoms with Crippen LogP contribution in [0.4, 0.5) is 32.0 Å². The molecule has 0 aliphatic carbocycles. The Kier molecular flexibility index (Phi) is 7.42. The lowest BCUT2D eigenvalue weighted by Gasteiger charge is -2.14. The number of nitrogens with zero attached hydrogens (tertiary/aromatic N) is 3. The van der Waals surface area contributed by atoms with Gasteiger partial charge in [0.2, 0.25) is 0 Å². The van der Waals surface area contributed by atoms with Gasteiger partial charge in [0.05, 0.1) is 21.8 Å². The van der Waals surface area contributed by atoms with Crippen molar-refractivity contribution in [2.45, 2.75) is 12.4 Å². The van der Waals surface area contributed by atoms with Gasteiger partial charge in [0.1, 0.15) is 11.4 Å². The Morgan fingerprint density at radius 3 is 2.00 bits per heavy atom. The van der Waals surface area contributed by atoms with Crippen LogP contribution in [0.3, 0.4) is 0 Å². The summed E-state index contributed by atoms with van der Waals surface area (Å²) in [5.74, 6) is -1.24. The van der Waals surface area contributed by atoms with Crippen molar-refractivity contribution in [2.24, 2.45) is 0 Å².